The molecule has 174 valence electrons. The van der Waals surface area contributed by atoms with E-state index < -0.39 is 12.0 Å². The molecular formula is C24H29N4O5+. The lowest BCUT2D eigenvalue weighted by Gasteiger charge is -2.30. The molecule has 0 unspecified atom stereocenters. The number of nitrogens with two attached hydrogens (primary N) is 1. The fourth-order valence-electron chi connectivity index (χ4n) is 3.02. The number of rotatable bonds is 9. The van der Waals surface area contributed by atoms with Crippen molar-refractivity contribution in [2.24, 2.45) is 0 Å². The first-order valence-corrected chi connectivity index (χ1v) is 10.7. The van der Waals surface area contributed by atoms with Gasteiger partial charge in [-0.2, -0.15) is 0 Å². The van der Waals surface area contributed by atoms with Crippen molar-refractivity contribution in [2.75, 3.05) is 26.7 Å². The van der Waals surface area contributed by atoms with Crippen LogP contribution in [0.4, 0.5) is 0 Å². The van der Waals surface area contributed by atoms with Crippen LogP contribution in [0.15, 0.2) is 54.7 Å². The average Bonchev–Trinajstić information content (AvgIpc) is 2.76. The number of amidine groups is 1. The molecule has 0 aromatic heterocycles. The molecule has 0 aliphatic carbocycles. The van der Waals surface area contributed by atoms with Crippen molar-refractivity contribution in [3.05, 3.63) is 65.9 Å². The highest BCUT2D eigenvalue weighted by atomic mass is 16.5. The van der Waals surface area contributed by atoms with Gasteiger partial charge in [0.1, 0.15) is 23.4 Å². The number of ether oxygens (including phenoxy) is 2. The number of hydrogen-bond donors (Lipinski definition) is 4. The molecule has 5 N–H and O–H groups in total. The van der Waals surface area contributed by atoms with Crippen molar-refractivity contribution in [3.8, 4) is 17.2 Å². The third-order valence-corrected chi connectivity index (χ3v) is 4.90. The summed E-state index contributed by atoms with van der Waals surface area (Å²) >= 11 is 0. The minimum Gasteiger partial charge on any atom is -0.488 e. The Labute approximate surface area is 192 Å². The van der Waals surface area contributed by atoms with E-state index in [2.05, 4.69) is 10.6 Å². The number of benzene rings is 2. The molecule has 9 nitrogen and oxygen atoms in total. The minimum atomic E-state index is -0.474. The molecule has 0 radical (unpaired) electrons. The lowest BCUT2D eigenvalue weighted by Crippen LogP contribution is -2.49. The van der Waals surface area contributed by atoms with E-state index in [1.807, 2.05) is 0 Å². The SMILES string of the molecule is CN/C=C\C(=[NH2+])NC(=O)c1cc(Oc2ccc(C(=O)N3CCC3)cc2)cc(O[C@H](C)CO)c1. The number of nitrogens with one attached hydrogen (secondary N) is 2. The van der Waals surface area contributed by atoms with Crippen LogP contribution in [0.1, 0.15) is 34.1 Å². The predicted molar refractivity (Wildman–Crippen MR) is 123 cm³/mol. The van der Waals surface area contributed by atoms with Gasteiger partial charge in [-0.15, -0.1) is 0 Å². The van der Waals surface area contributed by atoms with E-state index in [-0.39, 0.29) is 23.9 Å². The predicted octanol–water partition coefficient (Wildman–Crippen LogP) is 0.705. The molecule has 1 atom stereocenters. The molecule has 2 aromatic rings. The second-order valence-electron chi connectivity index (χ2n) is 7.61. The Bertz CT molecular complexity index is 1030. The number of hydrogen-bond acceptors (Lipinski definition) is 6. The highest BCUT2D eigenvalue weighted by Gasteiger charge is 2.21. The summed E-state index contributed by atoms with van der Waals surface area (Å²) in [6.45, 7) is 3.09. The van der Waals surface area contributed by atoms with Crippen LogP contribution in [0.2, 0.25) is 0 Å². The van der Waals surface area contributed by atoms with Gasteiger partial charge in [0.25, 0.3) is 11.7 Å². The zero-order valence-electron chi connectivity index (χ0n) is 18.7. The van der Waals surface area contributed by atoms with Crippen LogP contribution in [0.5, 0.6) is 17.2 Å². The molecule has 3 rings (SSSR count). The van der Waals surface area contributed by atoms with E-state index in [0.717, 1.165) is 19.5 Å². The van der Waals surface area contributed by atoms with Crippen molar-refractivity contribution in [1.82, 2.24) is 15.5 Å². The molecule has 9 heteroatoms. The number of likely N-dealkylation sites (tertiary alicyclic amines) is 1. The highest BCUT2D eigenvalue weighted by molar-refractivity contribution is 6.08. The van der Waals surface area contributed by atoms with Gasteiger partial charge in [0.15, 0.2) is 0 Å². The normalized spacial score (nSPS) is 13.7. The molecule has 1 aliphatic rings. The third-order valence-electron chi connectivity index (χ3n) is 4.90. The lowest BCUT2D eigenvalue weighted by atomic mass is 10.1. The maximum Gasteiger partial charge on any atom is 0.339 e. The maximum atomic E-state index is 12.7. The Balaban J connectivity index is 1.79. The standard InChI is InChI=1S/C24H28N4O5/c1-16(15-29)32-20-12-18(23(30)27-22(25)8-9-26-2)13-21(14-20)33-19-6-4-17(5-7-19)24(31)28-10-3-11-28/h4-9,12-14,16,26,29H,3,10-11,15H2,1-2H3,(H2,25,27,30)/p+1/b9-8-/t16-/m1/s1. The minimum absolute atomic E-state index is 0.00121. The van der Waals surface area contributed by atoms with E-state index in [4.69, 9.17) is 14.9 Å². The molecule has 0 saturated carbocycles. The first-order chi connectivity index (χ1) is 15.9. The zero-order valence-corrected chi connectivity index (χ0v) is 18.7. The summed E-state index contributed by atoms with van der Waals surface area (Å²) in [5.41, 5.74) is 0.856. The van der Waals surface area contributed by atoms with E-state index >= 15 is 0 Å². The van der Waals surface area contributed by atoms with Crippen LogP contribution in [-0.2, 0) is 0 Å². The molecule has 0 bridgehead atoms. The summed E-state index contributed by atoms with van der Waals surface area (Å²) in [5, 5.41) is 20.5. The molecule has 2 amide bonds. The van der Waals surface area contributed by atoms with Crippen molar-refractivity contribution < 1.29 is 29.6 Å². The first kappa shape index (κ1) is 23.8. The number of nitrogens with zero attached hydrogens (tertiary/aromatic N) is 1. The molecule has 1 heterocycles. The van der Waals surface area contributed by atoms with Crippen LogP contribution in [0.3, 0.4) is 0 Å². The van der Waals surface area contributed by atoms with Gasteiger partial charge in [0.05, 0.1) is 12.2 Å². The molecule has 0 spiro atoms. The highest BCUT2D eigenvalue weighted by Crippen LogP contribution is 2.29. The van der Waals surface area contributed by atoms with Gasteiger partial charge in [-0.05, 0) is 49.7 Å². The summed E-state index contributed by atoms with van der Waals surface area (Å²) in [6.07, 6.45) is 3.67. The monoisotopic (exact) mass is 453 g/mol. The van der Waals surface area contributed by atoms with Gasteiger partial charge in [0, 0.05) is 44.0 Å². The number of aliphatic hydroxyl groups excluding tert-OH is 1. The Morgan fingerprint density at radius 1 is 1.12 bits per heavy atom. The first-order valence-electron chi connectivity index (χ1n) is 10.7. The molecule has 1 fully saturated rings. The van der Waals surface area contributed by atoms with Gasteiger partial charge in [-0.25, -0.2) is 10.1 Å². The van der Waals surface area contributed by atoms with Gasteiger partial charge in [-0.3, -0.25) is 10.2 Å². The number of carbonyl (C=O) groups is 2. The second-order valence-corrected chi connectivity index (χ2v) is 7.61. The van der Waals surface area contributed by atoms with E-state index in [1.54, 1.807) is 61.5 Å². The summed E-state index contributed by atoms with van der Waals surface area (Å²) in [6, 6.07) is 11.5. The lowest BCUT2D eigenvalue weighted by molar-refractivity contribution is -0.115. The fourth-order valence-corrected chi connectivity index (χ4v) is 3.02. The number of aliphatic hydroxyl groups is 1. The molecule has 1 aliphatic heterocycles. The summed E-state index contributed by atoms with van der Waals surface area (Å²) in [7, 11) is 1.71. The van der Waals surface area contributed by atoms with Crippen LogP contribution >= 0.6 is 0 Å². The summed E-state index contributed by atoms with van der Waals surface area (Å²) < 4.78 is 11.6. The van der Waals surface area contributed by atoms with E-state index in [0.29, 0.717) is 22.8 Å². The number of carbonyl (C=O) groups excluding carboxylic acids is 2. The van der Waals surface area contributed by atoms with E-state index in [9.17, 15) is 14.7 Å². The van der Waals surface area contributed by atoms with Gasteiger partial charge in [0.2, 0.25) is 0 Å². The largest absolute Gasteiger partial charge is 0.488 e. The van der Waals surface area contributed by atoms with Gasteiger partial charge >= 0.3 is 5.91 Å². The van der Waals surface area contributed by atoms with Gasteiger partial charge < -0.3 is 24.8 Å². The van der Waals surface area contributed by atoms with Crippen molar-refractivity contribution in [2.45, 2.75) is 19.4 Å². The second kappa shape index (κ2) is 11.1. The Morgan fingerprint density at radius 3 is 2.42 bits per heavy atom. The smallest absolute Gasteiger partial charge is 0.339 e. The molecule has 1 saturated heterocycles. The maximum absolute atomic E-state index is 12.7. The molecule has 2 aromatic carbocycles. The Kier molecular flexibility index (Phi) is 8.04. The average molecular weight is 454 g/mol. The molecule has 33 heavy (non-hydrogen) atoms. The summed E-state index contributed by atoms with van der Waals surface area (Å²) in [4.78, 5) is 26.8. The zero-order chi connectivity index (χ0) is 23.8. The van der Waals surface area contributed by atoms with E-state index in [1.165, 1.54) is 12.1 Å². The van der Waals surface area contributed by atoms with Crippen molar-refractivity contribution in [3.63, 3.8) is 0 Å². The van der Waals surface area contributed by atoms with Gasteiger partial charge in [-0.1, -0.05) is 0 Å². The Hall–Kier alpha value is -3.85. The van der Waals surface area contributed by atoms with Crippen LogP contribution in [-0.4, -0.2) is 60.5 Å². The molecular weight excluding hydrogens is 424 g/mol. The third kappa shape index (κ3) is 6.56. The van der Waals surface area contributed by atoms with Crippen molar-refractivity contribution >= 4 is 17.6 Å². The number of amides is 2. The van der Waals surface area contributed by atoms with Crippen LogP contribution < -0.4 is 25.5 Å². The topological polar surface area (TPSA) is 126 Å². The quantitative estimate of drug-likeness (QED) is 0.327. The van der Waals surface area contributed by atoms with Crippen LogP contribution in [0.25, 0.3) is 0 Å². The Morgan fingerprint density at radius 2 is 1.82 bits per heavy atom. The van der Waals surface area contributed by atoms with Crippen molar-refractivity contribution in [1.29, 1.82) is 0 Å². The van der Waals surface area contributed by atoms with Crippen LogP contribution in [0, 0.1) is 0 Å². The summed E-state index contributed by atoms with van der Waals surface area (Å²) in [5.74, 6) is 0.922. The fraction of sp³-hybridized carbons (Fsp3) is 0.292.